The summed E-state index contributed by atoms with van der Waals surface area (Å²) >= 11 is 0. The van der Waals surface area contributed by atoms with Gasteiger partial charge in [0.15, 0.2) is 5.65 Å². The lowest BCUT2D eigenvalue weighted by atomic mass is 10.1. The van der Waals surface area contributed by atoms with E-state index in [1.165, 1.54) is 0 Å². The number of aromatic amines is 1. The van der Waals surface area contributed by atoms with Gasteiger partial charge in [0, 0.05) is 41.6 Å². The van der Waals surface area contributed by atoms with Gasteiger partial charge < -0.3 is 15.2 Å². The third-order valence-electron chi connectivity index (χ3n) is 5.02. The van der Waals surface area contributed by atoms with Crippen molar-refractivity contribution >= 4 is 22.6 Å². The smallest absolute Gasteiger partial charge is 0.224 e. The molecule has 2 N–H and O–H groups in total. The third-order valence-corrected chi connectivity index (χ3v) is 5.02. The van der Waals surface area contributed by atoms with Gasteiger partial charge in [0.1, 0.15) is 5.65 Å². The number of H-pyrrole nitrogens is 1. The van der Waals surface area contributed by atoms with Crippen LogP contribution in [0.25, 0.3) is 27.9 Å². The standard InChI is InChI=1S/C18H20N8/c1-25-7-3-12(4-8-25)22-18-20-11-14-13(10-19-17(14)24-18)15-5-9-26-16(23-15)2-6-21-26/h2,5-6,9-12H,3-4,7-8H2,1H3,(H2,19,20,22,24). The van der Waals surface area contributed by atoms with E-state index in [0.717, 1.165) is 53.9 Å². The predicted octanol–water partition coefficient (Wildman–Crippen LogP) is 2.17. The summed E-state index contributed by atoms with van der Waals surface area (Å²) in [5.41, 5.74) is 3.51. The molecule has 0 atom stereocenters. The summed E-state index contributed by atoms with van der Waals surface area (Å²) in [7, 11) is 2.16. The van der Waals surface area contributed by atoms with Crippen LogP contribution < -0.4 is 5.32 Å². The van der Waals surface area contributed by atoms with Crippen molar-refractivity contribution in [2.45, 2.75) is 18.9 Å². The number of nitrogens with one attached hydrogen (secondary N) is 2. The number of aromatic nitrogens is 6. The van der Waals surface area contributed by atoms with Gasteiger partial charge in [-0.3, -0.25) is 0 Å². The second-order valence-corrected chi connectivity index (χ2v) is 6.83. The Kier molecular flexibility index (Phi) is 3.56. The van der Waals surface area contributed by atoms with Crippen molar-refractivity contribution in [2.24, 2.45) is 0 Å². The molecular weight excluding hydrogens is 328 g/mol. The average molecular weight is 348 g/mol. The Labute approximate surface area is 150 Å². The van der Waals surface area contributed by atoms with E-state index in [1.807, 2.05) is 30.7 Å². The number of nitrogens with zero attached hydrogens (tertiary/aromatic N) is 6. The zero-order valence-corrected chi connectivity index (χ0v) is 14.6. The molecule has 0 aromatic carbocycles. The summed E-state index contributed by atoms with van der Waals surface area (Å²) in [6.07, 6.45) is 9.69. The van der Waals surface area contributed by atoms with Crippen LogP contribution in [0.5, 0.6) is 0 Å². The van der Waals surface area contributed by atoms with Crippen LogP contribution in [0.3, 0.4) is 0 Å². The van der Waals surface area contributed by atoms with Gasteiger partial charge in [0.05, 0.1) is 11.9 Å². The molecule has 0 spiro atoms. The van der Waals surface area contributed by atoms with Crippen LogP contribution >= 0.6 is 0 Å². The van der Waals surface area contributed by atoms with Crippen LogP contribution in [0.1, 0.15) is 12.8 Å². The molecule has 5 rings (SSSR count). The Morgan fingerprint density at radius 2 is 2.08 bits per heavy atom. The first-order valence-electron chi connectivity index (χ1n) is 8.86. The van der Waals surface area contributed by atoms with Crippen molar-refractivity contribution in [2.75, 3.05) is 25.5 Å². The molecule has 0 unspecified atom stereocenters. The van der Waals surface area contributed by atoms with E-state index >= 15 is 0 Å². The monoisotopic (exact) mass is 348 g/mol. The van der Waals surface area contributed by atoms with Crippen LogP contribution in [0.4, 0.5) is 5.95 Å². The highest BCUT2D eigenvalue weighted by atomic mass is 15.2. The van der Waals surface area contributed by atoms with Gasteiger partial charge in [0.2, 0.25) is 5.95 Å². The minimum atomic E-state index is 0.434. The molecule has 1 fully saturated rings. The van der Waals surface area contributed by atoms with Crippen molar-refractivity contribution in [1.29, 1.82) is 0 Å². The number of hydrogen-bond donors (Lipinski definition) is 2. The van der Waals surface area contributed by atoms with E-state index in [2.05, 4.69) is 42.3 Å². The van der Waals surface area contributed by atoms with Gasteiger partial charge in [-0.15, -0.1) is 0 Å². The first-order valence-corrected chi connectivity index (χ1v) is 8.86. The highest BCUT2D eigenvalue weighted by Crippen LogP contribution is 2.27. The predicted molar refractivity (Wildman–Crippen MR) is 100 cm³/mol. The number of likely N-dealkylation sites (tertiary alicyclic amines) is 1. The van der Waals surface area contributed by atoms with Gasteiger partial charge in [-0.25, -0.2) is 14.5 Å². The molecule has 132 valence electrons. The van der Waals surface area contributed by atoms with Crippen LogP contribution in [0.15, 0.2) is 36.9 Å². The maximum atomic E-state index is 4.66. The summed E-state index contributed by atoms with van der Waals surface area (Å²) in [5.74, 6) is 0.680. The molecule has 0 radical (unpaired) electrons. The van der Waals surface area contributed by atoms with E-state index in [9.17, 15) is 0 Å². The van der Waals surface area contributed by atoms with Gasteiger partial charge in [-0.2, -0.15) is 10.1 Å². The average Bonchev–Trinajstić information content (AvgIpc) is 3.29. The summed E-state index contributed by atoms with van der Waals surface area (Å²) in [4.78, 5) is 19.4. The second-order valence-electron chi connectivity index (χ2n) is 6.83. The van der Waals surface area contributed by atoms with Crippen molar-refractivity contribution in [3.8, 4) is 11.3 Å². The van der Waals surface area contributed by atoms with E-state index < -0.39 is 0 Å². The normalized spacial score (nSPS) is 16.5. The molecule has 1 aliphatic heterocycles. The van der Waals surface area contributed by atoms with Crippen LogP contribution in [-0.4, -0.2) is 60.6 Å². The Morgan fingerprint density at radius 3 is 2.96 bits per heavy atom. The summed E-state index contributed by atoms with van der Waals surface area (Å²) in [6, 6.07) is 4.27. The van der Waals surface area contributed by atoms with E-state index in [4.69, 9.17) is 0 Å². The van der Waals surface area contributed by atoms with Crippen molar-refractivity contribution < 1.29 is 0 Å². The van der Waals surface area contributed by atoms with E-state index in [1.54, 1.807) is 10.7 Å². The molecule has 0 bridgehead atoms. The van der Waals surface area contributed by atoms with Crippen LogP contribution in [0, 0.1) is 0 Å². The second kappa shape index (κ2) is 6.06. The zero-order valence-electron chi connectivity index (χ0n) is 14.6. The Morgan fingerprint density at radius 1 is 1.19 bits per heavy atom. The quantitative estimate of drug-likeness (QED) is 0.590. The lowest BCUT2D eigenvalue weighted by Gasteiger charge is -2.29. The molecule has 26 heavy (non-hydrogen) atoms. The SMILES string of the molecule is CN1CCC(Nc2ncc3c(-c4ccn5nccc5n4)c[nH]c3n2)CC1. The molecule has 5 heterocycles. The molecule has 8 heteroatoms. The highest BCUT2D eigenvalue weighted by molar-refractivity contribution is 5.92. The van der Waals surface area contributed by atoms with Gasteiger partial charge in [0.25, 0.3) is 0 Å². The fourth-order valence-electron chi connectivity index (χ4n) is 3.49. The number of anilines is 1. The zero-order chi connectivity index (χ0) is 17.5. The van der Waals surface area contributed by atoms with E-state index in [-0.39, 0.29) is 0 Å². The highest BCUT2D eigenvalue weighted by Gasteiger charge is 2.18. The minimum Gasteiger partial charge on any atom is -0.351 e. The molecule has 1 saturated heterocycles. The lowest BCUT2D eigenvalue weighted by Crippen LogP contribution is -2.37. The van der Waals surface area contributed by atoms with Crippen LogP contribution in [-0.2, 0) is 0 Å². The third kappa shape index (κ3) is 2.68. The topological polar surface area (TPSA) is 87.0 Å². The minimum absolute atomic E-state index is 0.434. The maximum Gasteiger partial charge on any atom is 0.224 e. The maximum absolute atomic E-state index is 4.66. The largest absolute Gasteiger partial charge is 0.351 e. The molecule has 0 saturated carbocycles. The van der Waals surface area contributed by atoms with Gasteiger partial charge >= 0.3 is 0 Å². The fourth-order valence-corrected chi connectivity index (χ4v) is 3.49. The summed E-state index contributed by atoms with van der Waals surface area (Å²) in [5, 5.41) is 8.62. The number of piperidine rings is 1. The first-order chi connectivity index (χ1) is 12.8. The Hall–Kier alpha value is -3.00. The van der Waals surface area contributed by atoms with Crippen LogP contribution in [0.2, 0.25) is 0 Å². The Bertz CT molecular complexity index is 1060. The lowest BCUT2D eigenvalue weighted by molar-refractivity contribution is 0.263. The van der Waals surface area contributed by atoms with Gasteiger partial charge in [-0.05, 0) is 39.0 Å². The molecule has 8 nitrogen and oxygen atoms in total. The molecule has 4 aromatic heterocycles. The first kappa shape index (κ1) is 15.3. The molecular formula is C18H20N8. The number of rotatable bonds is 3. The fraction of sp³-hybridized carbons (Fsp3) is 0.333. The van der Waals surface area contributed by atoms with Gasteiger partial charge in [-0.1, -0.05) is 0 Å². The van der Waals surface area contributed by atoms with Crippen molar-refractivity contribution in [3.63, 3.8) is 0 Å². The molecule has 0 aliphatic carbocycles. The summed E-state index contributed by atoms with van der Waals surface area (Å²) in [6.45, 7) is 2.21. The van der Waals surface area contributed by atoms with E-state index in [0.29, 0.717) is 12.0 Å². The molecule has 1 aliphatic rings. The molecule has 4 aromatic rings. The number of fused-ring (bicyclic) bond motifs is 2. The van der Waals surface area contributed by atoms with Crippen molar-refractivity contribution in [1.82, 2.24) is 34.4 Å². The van der Waals surface area contributed by atoms with Crippen molar-refractivity contribution in [3.05, 3.63) is 36.9 Å². The molecule has 0 amide bonds. The Balaban J connectivity index is 1.44. The summed E-state index contributed by atoms with van der Waals surface area (Å²) < 4.78 is 1.75. The number of hydrogen-bond acceptors (Lipinski definition) is 6.